The number of halogens is 1. The minimum Gasteiger partial charge on any atom is -0.357 e. The van der Waals surface area contributed by atoms with E-state index in [9.17, 15) is 4.79 Å². The number of guanidine groups is 1. The van der Waals surface area contributed by atoms with Crippen LogP contribution in [-0.4, -0.2) is 54.5 Å². The van der Waals surface area contributed by atoms with Crippen LogP contribution >= 0.6 is 24.0 Å². The molecule has 1 saturated heterocycles. The van der Waals surface area contributed by atoms with Crippen LogP contribution in [0.2, 0.25) is 0 Å². The summed E-state index contributed by atoms with van der Waals surface area (Å²) in [7, 11) is 0. The van der Waals surface area contributed by atoms with Crippen LogP contribution in [0.25, 0.3) is 0 Å². The van der Waals surface area contributed by atoms with Crippen LogP contribution in [0.3, 0.4) is 0 Å². The van der Waals surface area contributed by atoms with Gasteiger partial charge in [-0.05, 0) is 56.7 Å². The van der Waals surface area contributed by atoms with Crippen LogP contribution in [0, 0.1) is 6.92 Å². The first-order chi connectivity index (χ1) is 12.7. The summed E-state index contributed by atoms with van der Waals surface area (Å²) >= 11 is 0. The van der Waals surface area contributed by atoms with Gasteiger partial charge in [-0.3, -0.25) is 14.8 Å². The first kappa shape index (κ1) is 23.7. The fourth-order valence-electron chi connectivity index (χ4n) is 3.17. The summed E-state index contributed by atoms with van der Waals surface area (Å²) in [4.78, 5) is 22.8. The van der Waals surface area contributed by atoms with E-state index in [1.54, 1.807) is 0 Å². The van der Waals surface area contributed by atoms with Gasteiger partial charge in [-0.15, -0.1) is 24.0 Å². The highest BCUT2D eigenvalue weighted by atomic mass is 127. The third kappa shape index (κ3) is 8.90. The fraction of sp³-hybridized carbons (Fsp3) is 0.650. The number of rotatable bonds is 8. The van der Waals surface area contributed by atoms with Crippen LogP contribution < -0.4 is 10.6 Å². The minimum absolute atomic E-state index is 0. The average Bonchev–Trinajstić information content (AvgIpc) is 2.84. The predicted molar refractivity (Wildman–Crippen MR) is 122 cm³/mol. The van der Waals surface area contributed by atoms with E-state index in [-0.39, 0.29) is 24.0 Å². The number of aromatic nitrogens is 1. The van der Waals surface area contributed by atoms with Gasteiger partial charge in [-0.2, -0.15) is 0 Å². The van der Waals surface area contributed by atoms with Crippen molar-refractivity contribution in [3.8, 4) is 0 Å². The second-order valence-corrected chi connectivity index (χ2v) is 6.78. The van der Waals surface area contributed by atoms with Crippen molar-refractivity contribution in [2.45, 2.75) is 52.4 Å². The number of aliphatic imine (C=N–C) groups is 1. The van der Waals surface area contributed by atoms with Crippen molar-refractivity contribution in [1.82, 2.24) is 20.5 Å². The number of nitrogens with one attached hydrogen (secondary N) is 2. The quantitative estimate of drug-likeness (QED) is 0.256. The number of hydrogen-bond acceptors (Lipinski definition) is 3. The zero-order valence-electron chi connectivity index (χ0n) is 16.7. The molecule has 2 rings (SSSR count). The van der Waals surface area contributed by atoms with Crippen LogP contribution in [0.1, 0.15) is 50.2 Å². The topological polar surface area (TPSA) is 69.6 Å². The van der Waals surface area contributed by atoms with Crippen LogP contribution in [0.5, 0.6) is 0 Å². The maximum atomic E-state index is 12.0. The summed E-state index contributed by atoms with van der Waals surface area (Å²) in [6.07, 6.45) is 9.65. The van der Waals surface area contributed by atoms with Gasteiger partial charge in [-0.25, -0.2) is 0 Å². The smallest absolute Gasteiger partial charge is 0.222 e. The Morgan fingerprint density at radius 1 is 1.30 bits per heavy atom. The molecule has 0 bridgehead atoms. The Kier molecular flexibility index (Phi) is 12.0. The lowest BCUT2D eigenvalue weighted by Crippen LogP contribution is -2.38. The zero-order chi connectivity index (χ0) is 18.6. The lowest BCUT2D eigenvalue weighted by Gasteiger charge is -2.20. The third-order valence-corrected chi connectivity index (χ3v) is 4.69. The van der Waals surface area contributed by atoms with E-state index in [1.807, 2.05) is 17.3 Å². The number of aryl methyl sites for hydroxylation is 1. The molecule has 2 N–H and O–H groups in total. The van der Waals surface area contributed by atoms with Gasteiger partial charge in [0.1, 0.15) is 0 Å². The van der Waals surface area contributed by atoms with Gasteiger partial charge >= 0.3 is 0 Å². The first-order valence-electron chi connectivity index (χ1n) is 9.90. The van der Waals surface area contributed by atoms with Crippen molar-refractivity contribution < 1.29 is 4.79 Å². The van der Waals surface area contributed by atoms with Gasteiger partial charge in [0.15, 0.2) is 5.96 Å². The fourth-order valence-corrected chi connectivity index (χ4v) is 3.17. The van der Waals surface area contributed by atoms with Gasteiger partial charge in [-0.1, -0.05) is 6.42 Å². The van der Waals surface area contributed by atoms with Crippen LogP contribution in [-0.2, 0) is 11.2 Å². The molecule has 1 aliphatic heterocycles. The molecule has 6 nitrogen and oxygen atoms in total. The first-order valence-corrected chi connectivity index (χ1v) is 9.90. The molecule has 1 aromatic rings. The van der Waals surface area contributed by atoms with E-state index in [0.717, 1.165) is 64.4 Å². The minimum atomic E-state index is 0. The lowest BCUT2D eigenvalue weighted by atomic mass is 10.1. The van der Waals surface area contributed by atoms with Crippen molar-refractivity contribution in [3.63, 3.8) is 0 Å². The normalized spacial score (nSPS) is 15.1. The van der Waals surface area contributed by atoms with Gasteiger partial charge in [0.05, 0.1) is 0 Å². The number of pyridine rings is 1. The van der Waals surface area contributed by atoms with Gasteiger partial charge in [0, 0.05) is 51.5 Å². The van der Waals surface area contributed by atoms with Crippen molar-refractivity contribution in [1.29, 1.82) is 0 Å². The Morgan fingerprint density at radius 2 is 2.15 bits per heavy atom. The number of hydrogen-bond donors (Lipinski definition) is 2. The van der Waals surface area contributed by atoms with E-state index in [4.69, 9.17) is 0 Å². The summed E-state index contributed by atoms with van der Waals surface area (Å²) in [5.41, 5.74) is 2.53. The largest absolute Gasteiger partial charge is 0.357 e. The molecule has 1 aromatic heterocycles. The number of carbonyl (C=O) groups is 1. The highest BCUT2D eigenvalue weighted by Gasteiger charge is 2.15. The third-order valence-electron chi connectivity index (χ3n) is 4.69. The highest BCUT2D eigenvalue weighted by Crippen LogP contribution is 2.11. The lowest BCUT2D eigenvalue weighted by molar-refractivity contribution is -0.130. The number of carbonyl (C=O) groups excluding carboxylic acids is 1. The van der Waals surface area contributed by atoms with Crippen molar-refractivity contribution in [2.24, 2.45) is 4.99 Å². The van der Waals surface area contributed by atoms with Gasteiger partial charge in [0.25, 0.3) is 0 Å². The Balaban J connectivity index is 0.00000364. The maximum absolute atomic E-state index is 12.0. The number of nitrogens with zero attached hydrogens (tertiary/aromatic N) is 3. The molecule has 0 radical (unpaired) electrons. The predicted octanol–water partition coefficient (Wildman–Crippen LogP) is 2.90. The Morgan fingerprint density at radius 3 is 2.93 bits per heavy atom. The molecule has 0 saturated carbocycles. The second kappa shape index (κ2) is 13.7. The molecule has 27 heavy (non-hydrogen) atoms. The maximum Gasteiger partial charge on any atom is 0.222 e. The number of amides is 1. The van der Waals surface area contributed by atoms with E-state index in [1.165, 1.54) is 17.5 Å². The van der Waals surface area contributed by atoms with E-state index in [0.29, 0.717) is 12.3 Å². The molecule has 1 amide bonds. The highest BCUT2D eigenvalue weighted by molar-refractivity contribution is 14.0. The molecule has 1 fully saturated rings. The molecule has 0 spiro atoms. The van der Waals surface area contributed by atoms with Gasteiger partial charge in [0.2, 0.25) is 5.91 Å². The molecule has 0 aliphatic carbocycles. The summed E-state index contributed by atoms with van der Waals surface area (Å²) in [5, 5.41) is 6.68. The van der Waals surface area contributed by atoms with Crippen molar-refractivity contribution in [3.05, 3.63) is 29.6 Å². The van der Waals surface area contributed by atoms with E-state index in [2.05, 4.69) is 40.5 Å². The van der Waals surface area contributed by atoms with Crippen molar-refractivity contribution in [2.75, 3.05) is 32.7 Å². The molecule has 7 heteroatoms. The Bertz CT molecular complexity index is 593. The molecule has 0 atom stereocenters. The Hall–Kier alpha value is -1.38. The van der Waals surface area contributed by atoms with Crippen LogP contribution in [0.4, 0.5) is 0 Å². The summed E-state index contributed by atoms with van der Waals surface area (Å²) in [6.45, 7) is 8.29. The summed E-state index contributed by atoms with van der Waals surface area (Å²) < 4.78 is 0. The second-order valence-electron chi connectivity index (χ2n) is 6.78. The molecule has 1 aliphatic rings. The molecular formula is C20H34IN5O. The Labute approximate surface area is 180 Å². The molecular weight excluding hydrogens is 453 g/mol. The summed E-state index contributed by atoms with van der Waals surface area (Å²) in [6, 6.07) is 2.07. The average molecular weight is 487 g/mol. The standard InChI is InChI=1S/C20H33N5O.HI/c1-3-22-20(24-13-10-18-9-12-21-16-17(18)2)23-11-7-15-25-14-6-4-5-8-19(25)26;/h9,12,16H,3-8,10-11,13-15H2,1-2H3,(H2,22,23,24);1H. The zero-order valence-corrected chi connectivity index (χ0v) is 19.0. The molecule has 0 aromatic carbocycles. The van der Waals surface area contributed by atoms with E-state index >= 15 is 0 Å². The van der Waals surface area contributed by atoms with Crippen LogP contribution in [0.15, 0.2) is 23.5 Å². The SMILES string of the molecule is CCNC(=NCCCN1CCCCCC1=O)NCCc1ccncc1C.I. The molecule has 152 valence electrons. The monoisotopic (exact) mass is 487 g/mol. The molecule has 2 heterocycles. The molecule has 0 unspecified atom stereocenters. The summed E-state index contributed by atoms with van der Waals surface area (Å²) in [5.74, 6) is 1.16. The van der Waals surface area contributed by atoms with Crippen molar-refractivity contribution >= 4 is 35.8 Å². The van der Waals surface area contributed by atoms with Gasteiger partial charge < -0.3 is 15.5 Å². The number of likely N-dealkylation sites (tertiary alicyclic amines) is 1. The van der Waals surface area contributed by atoms with E-state index < -0.39 is 0 Å².